The highest BCUT2D eigenvalue weighted by Crippen LogP contribution is 2.17. The molecule has 0 amide bonds. The predicted molar refractivity (Wildman–Crippen MR) is 112 cm³/mol. The molecule has 1 aromatic carbocycles. The molecule has 0 fully saturated rings. The largest absolute Gasteiger partial charge is 0.486 e. The van der Waals surface area contributed by atoms with Crippen LogP contribution in [-0.2, 0) is 6.42 Å². The lowest BCUT2D eigenvalue weighted by atomic mass is 10.2. The fraction of sp³-hybridized carbons (Fsp3) is 0.381. The maximum Gasteiger partial charge on any atom is 0.191 e. The summed E-state index contributed by atoms with van der Waals surface area (Å²) in [5.74, 6) is 1.54. The molecule has 3 rings (SSSR count). The van der Waals surface area contributed by atoms with E-state index in [-0.39, 0.29) is 17.7 Å². The van der Waals surface area contributed by atoms with E-state index in [0.717, 1.165) is 37.3 Å². The fourth-order valence-electron chi connectivity index (χ4n) is 2.94. The van der Waals surface area contributed by atoms with Crippen molar-refractivity contribution >= 4 is 11.6 Å². The van der Waals surface area contributed by atoms with Crippen molar-refractivity contribution in [2.24, 2.45) is 4.99 Å². The monoisotopic (exact) mass is 398 g/mol. The van der Waals surface area contributed by atoms with Crippen LogP contribution in [0.4, 0.5) is 4.39 Å². The predicted octanol–water partition coefficient (Wildman–Crippen LogP) is 2.82. The smallest absolute Gasteiger partial charge is 0.191 e. The number of nitrogens with one attached hydrogen (secondary N) is 2. The van der Waals surface area contributed by atoms with Crippen molar-refractivity contribution in [1.82, 2.24) is 25.2 Å². The van der Waals surface area contributed by atoms with Gasteiger partial charge >= 0.3 is 0 Å². The van der Waals surface area contributed by atoms with Crippen molar-refractivity contribution in [3.8, 4) is 5.75 Å². The Morgan fingerprint density at radius 1 is 1.17 bits per heavy atom. The number of ether oxygens (including phenoxy) is 1. The van der Waals surface area contributed by atoms with Gasteiger partial charge in [0.2, 0.25) is 0 Å². The van der Waals surface area contributed by atoms with Crippen LogP contribution in [0.15, 0.2) is 53.7 Å². The number of halogens is 1. The van der Waals surface area contributed by atoms with Gasteiger partial charge in [-0.15, -0.1) is 10.2 Å². The van der Waals surface area contributed by atoms with Crippen molar-refractivity contribution in [1.29, 1.82) is 0 Å². The highest BCUT2D eigenvalue weighted by molar-refractivity contribution is 5.79. The van der Waals surface area contributed by atoms with Gasteiger partial charge in [0.25, 0.3) is 0 Å². The molecule has 2 heterocycles. The SMILES string of the molecule is CCC(CNC(=NC)NCCCc1nnc2ccccn12)Oc1ccccc1F. The molecule has 7 nitrogen and oxygen atoms in total. The van der Waals surface area contributed by atoms with Gasteiger partial charge in [-0.05, 0) is 37.1 Å². The highest BCUT2D eigenvalue weighted by atomic mass is 19.1. The average molecular weight is 398 g/mol. The number of rotatable bonds is 9. The van der Waals surface area contributed by atoms with E-state index >= 15 is 0 Å². The van der Waals surface area contributed by atoms with Crippen LogP contribution in [-0.4, -0.2) is 46.8 Å². The summed E-state index contributed by atoms with van der Waals surface area (Å²) < 4.78 is 21.5. The molecule has 29 heavy (non-hydrogen) atoms. The van der Waals surface area contributed by atoms with E-state index in [2.05, 4.69) is 25.8 Å². The molecule has 0 aliphatic rings. The van der Waals surface area contributed by atoms with E-state index in [4.69, 9.17) is 4.74 Å². The highest BCUT2D eigenvalue weighted by Gasteiger charge is 2.12. The molecule has 1 atom stereocenters. The third kappa shape index (κ3) is 5.66. The lowest BCUT2D eigenvalue weighted by molar-refractivity contribution is 0.191. The Kier molecular flexibility index (Phi) is 7.38. The van der Waals surface area contributed by atoms with Gasteiger partial charge < -0.3 is 15.4 Å². The molecule has 154 valence electrons. The summed E-state index contributed by atoms with van der Waals surface area (Å²) in [7, 11) is 1.72. The molecule has 0 bridgehead atoms. The molecular formula is C21H27FN6O. The van der Waals surface area contributed by atoms with Crippen LogP contribution in [0, 0.1) is 5.82 Å². The summed E-state index contributed by atoms with van der Waals surface area (Å²) in [6.07, 6.45) is 4.26. The first-order valence-corrected chi connectivity index (χ1v) is 9.85. The number of aryl methyl sites for hydroxylation is 1. The molecule has 0 aliphatic heterocycles. The van der Waals surface area contributed by atoms with E-state index in [1.54, 1.807) is 25.2 Å². The number of aromatic nitrogens is 3. The van der Waals surface area contributed by atoms with Gasteiger partial charge in [0.05, 0.1) is 6.54 Å². The van der Waals surface area contributed by atoms with Gasteiger partial charge in [-0.1, -0.05) is 25.1 Å². The Bertz CT molecular complexity index is 942. The second-order valence-corrected chi connectivity index (χ2v) is 6.61. The van der Waals surface area contributed by atoms with Gasteiger partial charge in [0.15, 0.2) is 23.2 Å². The van der Waals surface area contributed by atoms with E-state index in [1.165, 1.54) is 6.07 Å². The Balaban J connectivity index is 1.42. The maximum atomic E-state index is 13.8. The van der Waals surface area contributed by atoms with Crippen LogP contribution >= 0.6 is 0 Å². The topological polar surface area (TPSA) is 75.8 Å². The minimum absolute atomic E-state index is 0.159. The third-order valence-electron chi connectivity index (χ3n) is 4.56. The van der Waals surface area contributed by atoms with Crippen molar-refractivity contribution < 1.29 is 9.13 Å². The fourth-order valence-corrected chi connectivity index (χ4v) is 2.94. The molecule has 8 heteroatoms. The quantitative estimate of drug-likeness (QED) is 0.329. The minimum Gasteiger partial charge on any atom is -0.486 e. The molecular weight excluding hydrogens is 371 g/mol. The van der Waals surface area contributed by atoms with Crippen LogP contribution in [0.3, 0.4) is 0 Å². The number of aliphatic imine (C=N–C) groups is 1. The van der Waals surface area contributed by atoms with Crippen molar-refractivity contribution in [3.05, 3.63) is 60.3 Å². The molecule has 0 radical (unpaired) electrons. The van der Waals surface area contributed by atoms with Crippen LogP contribution < -0.4 is 15.4 Å². The van der Waals surface area contributed by atoms with Gasteiger partial charge in [-0.25, -0.2) is 4.39 Å². The van der Waals surface area contributed by atoms with Crippen molar-refractivity contribution in [2.45, 2.75) is 32.3 Å². The molecule has 1 unspecified atom stereocenters. The summed E-state index contributed by atoms with van der Waals surface area (Å²) in [5, 5.41) is 14.9. The van der Waals surface area contributed by atoms with Gasteiger partial charge in [0, 0.05) is 26.2 Å². The standard InChI is InChI=1S/C21H27FN6O/c1-3-16(29-18-10-5-4-9-17(18)22)15-25-21(23-2)24-13-8-12-20-27-26-19-11-6-7-14-28(19)20/h4-7,9-11,14,16H,3,8,12-13,15H2,1-2H3,(H2,23,24,25). The Morgan fingerprint density at radius 2 is 2.00 bits per heavy atom. The number of hydrogen-bond donors (Lipinski definition) is 2. The lowest BCUT2D eigenvalue weighted by Crippen LogP contribution is -2.42. The summed E-state index contributed by atoms with van der Waals surface area (Å²) in [6, 6.07) is 12.3. The van der Waals surface area contributed by atoms with E-state index in [9.17, 15) is 4.39 Å². The van der Waals surface area contributed by atoms with E-state index < -0.39 is 0 Å². The first kappa shape index (κ1) is 20.6. The Hall–Kier alpha value is -3.16. The number of nitrogens with zero attached hydrogens (tertiary/aromatic N) is 4. The zero-order chi connectivity index (χ0) is 20.5. The second-order valence-electron chi connectivity index (χ2n) is 6.61. The van der Waals surface area contributed by atoms with Gasteiger partial charge in [-0.2, -0.15) is 0 Å². The van der Waals surface area contributed by atoms with E-state index in [1.807, 2.05) is 35.7 Å². The average Bonchev–Trinajstić information content (AvgIpc) is 3.16. The summed E-state index contributed by atoms with van der Waals surface area (Å²) >= 11 is 0. The Morgan fingerprint density at radius 3 is 2.79 bits per heavy atom. The summed E-state index contributed by atoms with van der Waals surface area (Å²) in [6.45, 7) is 3.28. The van der Waals surface area contributed by atoms with Crippen LogP contribution in [0.2, 0.25) is 0 Å². The minimum atomic E-state index is -0.352. The second kappa shape index (κ2) is 10.4. The number of guanidine groups is 1. The normalized spacial score (nSPS) is 12.7. The maximum absolute atomic E-state index is 13.8. The van der Waals surface area contributed by atoms with Gasteiger partial charge in [0.1, 0.15) is 11.9 Å². The molecule has 3 aromatic rings. The molecule has 0 aliphatic carbocycles. The number of pyridine rings is 1. The summed E-state index contributed by atoms with van der Waals surface area (Å²) in [5.41, 5.74) is 0.855. The number of hydrogen-bond acceptors (Lipinski definition) is 4. The van der Waals surface area contributed by atoms with E-state index in [0.29, 0.717) is 12.5 Å². The Labute approximate surface area is 170 Å². The molecule has 0 saturated heterocycles. The van der Waals surface area contributed by atoms with Crippen LogP contribution in [0.1, 0.15) is 25.6 Å². The molecule has 0 spiro atoms. The third-order valence-corrected chi connectivity index (χ3v) is 4.56. The van der Waals surface area contributed by atoms with Crippen LogP contribution in [0.25, 0.3) is 5.65 Å². The van der Waals surface area contributed by atoms with Crippen molar-refractivity contribution in [3.63, 3.8) is 0 Å². The lowest BCUT2D eigenvalue weighted by Gasteiger charge is -2.20. The first-order chi connectivity index (χ1) is 14.2. The number of para-hydroxylation sites is 1. The number of fused-ring (bicyclic) bond motifs is 1. The number of benzene rings is 1. The van der Waals surface area contributed by atoms with Crippen LogP contribution in [0.5, 0.6) is 5.75 Å². The summed E-state index contributed by atoms with van der Waals surface area (Å²) in [4.78, 5) is 4.24. The molecule has 2 N–H and O–H groups in total. The zero-order valence-corrected chi connectivity index (χ0v) is 16.8. The molecule has 2 aromatic heterocycles. The van der Waals surface area contributed by atoms with Gasteiger partial charge in [-0.3, -0.25) is 9.39 Å². The zero-order valence-electron chi connectivity index (χ0n) is 16.8. The van der Waals surface area contributed by atoms with Crippen molar-refractivity contribution in [2.75, 3.05) is 20.1 Å². The molecule has 0 saturated carbocycles. The first-order valence-electron chi connectivity index (χ1n) is 9.85.